The van der Waals surface area contributed by atoms with Crippen molar-refractivity contribution in [2.45, 2.75) is 38.8 Å². The molecule has 0 aliphatic carbocycles. The Hall–Kier alpha value is -0.900. The molecular weight excluding hydrogens is 236 g/mol. The molecule has 0 aromatic heterocycles. The van der Waals surface area contributed by atoms with Crippen LogP contribution in [0.2, 0.25) is 0 Å². The zero-order valence-electron chi connectivity index (χ0n) is 12.5. The van der Waals surface area contributed by atoms with Crippen LogP contribution in [0.3, 0.4) is 0 Å². The van der Waals surface area contributed by atoms with Crippen LogP contribution in [0.15, 0.2) is 30.3 Å². The van der Waals surface area contributed by atoms with Crippen LogP contribution in [-0.4, -0.2) is 43.8 Å². The molecule has 0 aliphatic heterocycles. The minimum Gasteiger partial charge on any atom is -0.383 e. The smallest absolute Gasteiger partial charge is 0.0589 e. The molecule has 0 heterocycles. The van der Waals surface area contributed by atoms with E-state index in [-0.39, 0.29) is 0 Å². The molecule has 1 rings (SSSR count). The van der Waals surface area contributed by atoms with Crippen LogP contribution in [0.25, 0.3) is 0 Å². The van der Waals surface area contributed by atoms with Gasteiger partial charge >= 0.3 is 0 Å². The van der Waals surface area contributed by atoms with Gasteiger partial charge in [-0.3, -0.25) is 4.90 Å². The van der Waals surface area contributed by atoms with Gasteiger partial charge in [0.2, 0.25) is 0 Å². The molecule has 0 aliphatic rings. The van der Waals surface area contributed by atoms with Gasteiger partial charge in [-0.05, 0) is 32.3 Å². The number of nitrogens with zero attached hydrogens (tertiary/aromatic N) is 1. The summed E-state index contributed by atoms with van der Waals surface area (Å²) in [6.07, 6.45) is 2.18. The summed E-state index contributed by atoms with van der Waals surface area (Å²) in [5.41, 5.74) is 7.35. The lowest BCUT2D eigenvalue weighted by Gasteiger charge is -2.34. The zero-order chi connectivity index (χ0) is 14.1. The van der Waals surface area contributed by atoms with Crippen molar-refractivity contribution in [2.75, 3.05) is 26.8 Å². The Morgan fingerprint density at radius 3 is 2.42 bits per heavy atom. The summed E-state index contributed by atoms with van der Waals surface area (Å²) in [7, 11) is 1.75. The number of hydrogen-bond acceptors (Lipinski definition) is 3. The monoisotopic (exact) mass is 264 g/mol. The lowest BCUT2D eigenvalue weighted by atomic mass is 10.0. The van der Waals surface area contributed by atoms with Gasteiger partial charge in [0.05, 0.1) is 6.61 Å². The Balaban J connectivity index is 2.54. The molecule has 3 nitrogen and oxygen atoms in total. The van der Waals surface area contributed by atoms with Gasteiger partial charge in [0.25, 0.3) is 0 Å². The lowest BCUT2D eigenvalue weighted by molar-refractivity contribution is 0.0945. The van der Waals surface area contributed by atoms with Gasteiger partial charge in [0.1, 0.15) is 0 Å². The topological polar surface area (TPSA) is 38.5 Å². The number of rotatable bonds is 9. The van der Waals surface area contributed by atoms with Gasteiger partial charge in [-0.15, -0.1) is 0 Å². The van der Waals surface area contributed by atoms with Crippen molar-refractivity contribution in [3.8, 4) is 0 Å². The predicted octanol–water partition coefficient (Wildman–Crippen LogP) is 2.30. The van der Waals surface area contributed by atoms with Gasteiger partial charge in [0, 0.05) is 32.3 Å². The summed E-state index contributed by atoms with van der Waals surface area (Å²) >= 11 is 0. The normalized spacial score (nSPS) is 13.2. The van der Waals surface area contributed by atoms with E-state index in [2.05, 4.69) is 49.1 Å². The fourth-order valence-electron chi connectivity index (χ4n) is 2.46. The number of methoxy groups -OCH3 is 1. The van der Waals surface area contributed by atoms with Gasteiger partial charge < -0.3 is 10.5 Å². The van der Waals surface area contributed by atoms with E-state index in [1.165, 1.54) is 5.56 Å². The van der Waals surface area contributed by atoms with E-state index in [0.717, 1.165) is 26.0 Å². The molecule has 1 unspecified atom stereocenters. The molecule has 1 aromatic carbocycles. The Bertz CT molecular complexity index is 327. The maximum Gasteiger partial charge on any atom is 0.0589 e. The van der Waals surface area contributed by atoms with Crippen LogP contribution < -0.4 is 5.73 Å². The molecule has 0 bridgehead atoms. The van der Waals surface area contributed by atoms with Crippen molar-refractivity contribution in [2.24, 2.45) is 5.73 Å². The highest BCUT2D eigenvalue weighted by Gasteiger charge is 2.19. The highest BCUT2D eigenvalue weighted by Crippen LogP contribution is 2.12. The Labute approximate surface area is 117 Å². The van der Waals surface area contributed by atoms with Crippen LogP contribution in [0.5, 0.6) is 0 Å². The maximum atomic E-state index is 5.96. The van der Waals surface area contributed by atoms with Gasteiger partial charge in [-0.2, -0.15) is 0 Å². The van der Waals surface area contributed by atoms with E-state index in [1.807, 2.05) is 0 Å². The Morgan fingerprint density at radius 1 is 1.21 bits per heavy atom. The minimum absolute atomic E-state index is 0.426. The molecule has 0 amide bonds. The highest BCUT2D eigenvalue weighted by atomic mass is 16.5. The third-order valence-corrected chi connectivity index (χ3v) is 3.57. The first-order valence-electron chi connectivity index (χ1n) is 7.17. The summed E-state index contributed by atoms with van der Waals surface area (Å²) in [6.45, 7) is 6.86. The molecule has 1 aromatic rings. The molecule has 108 valence electrons. The second-order valence-electron chi connectivity index (χ2n) is 5.24. The lowest BCUT2D eigenvalue weighted by Crippen LogP contribution is -2.46. The third-order valence-electron chi connectivity index (χ3n) is 3.57. The number of nitrogens with two attached hydrogens (primary N) is 1. The second kappa shape index (κ2) is 9.08. The van der Waals surface area contributed by atoms with E-state index in [0.29, 0.717) is 18.6 Å². The zero-order valence-corrected chi connectivity index (χ0v) is 12.5. The van der Waals surface area contributed by atoms with Crippen LogP contribution in [0, 0.1) is 0 Å². The molecule has 2 N–H and O–H groups in total. The first-order valence-corrected chi connectivity index (χ1v) is 7.17. The average molecular weight is 264 g/mol. The SMILES string of the molecule is COCCN(C(C)C)C(CN)CCc1ccccc1. The second-order valence-corrected chi connectivity index (χ2v) is 5.24. The molecule has 0 saturated carbocycles. The highest BCUT2D eigenvalue weighted by molar-refractivity contribution is 5.14. The first-order chi connectivity index (χ1) is 9.19. The fourth-order valence-corrected chi connectivity index (χ4v) is 2.46. The fraction of sp³-hybridized carbons (Fsp3) is 0.625. The molecule has 0 spiro atoms. The quantitative estimate of drug-likeness (QED) is 0.744. The number of hydrogen-bond donors (Lipinski definition) is 1. The van der Waals surface area contributed by atoms with Crippen LogP contribution >= 0.6 is 0 Å². The van der Waals surface area contributed by atoms with Gasteiger partial charge in [0.15, 0.2) is 0 Å². The van der Waals surface area contributed by atoms with E-state index < -0.39 is 0 Å². The largest absolute Gasteiger partial charge is 0.383 e. The molecule has 0 saturated heterocycles. The molecule has 1 atom stereocenters. The summed E-state index contributed by atoms with van der Waals surface area (Å²) in [6, 6.07) is 11.5. The van der Waals surface area contributed by atoms with Crippen molar-refractivity contribution in [1.29, 1.82) is 0 Å². The van der Waals surface area contributed by atoms with E-state index >= 15 is 0 Å². The summed E-state index contributed by atoms with van der Waals surface area (Å²) in [5, 5.41) is 0. The molecule has 3 heteroatoms. The number of aryl methyl sites for hydroxylation is 1. The van der Waals surface area contributed by atoms with Crippen molar-refractivity contribution in [3.05, 3.63) is 35.9 Å². The maximum absolute atomic E-state index is 5.96. The Kier molecular flexibility index (Phi) is 7.72. The molecule has 0 radical (unpaired) electrons. The third kappa shape index (κ3) is 5.72. The predicted molar refractivity (Wildman–Crippen MR) is 81.3 cm³/mol. The van der Waals surface area contributed by atoms with Crippen molar-refractivity contribution >= 4 is 0 Å². The summed E-state index contributed by atoms with van der Waals surface area (Å²) in [5.74, 6) is 0. The van der Waals surface area contributed by atoms with Crippen molar-refractivity contribution in [3.63, 3.8) is 0 Å². The van der Waals surface area contributed by atoms with Gasteiger partial charge in [-0.1, -0.05) is 30.3 Å². The number of benzene rings is 1. The summed E-state index contributed by atoms with van der Waals surface area (Å²) < 4.78 is 5.20. The van der Waals surface area contributed by atoms with Crippen LogP contribution in [0.4, 0.5) is 0 Å². The van der Waals surface area contributed by atoms with E-state index in [1.54, 1.807) is 7.11 Å². The minimum atomic E-state index is 0.426. The average Bonchev–Trinajstić information content (AvgIpc) is 2.43. The summed E-state index contributed by atoms with van der Waals surface area (Å²) in [4.78, 5) is 2.45. The standard InChI is InChI=1S/C16H28N2O/c1-14(2)18(11-12-19-3)16(13-17)10-9-15-7-5-4-6-8-15/h4-8,14,16H,9-13,17H2,1-3H3. The number of ether oxygens (including phenoxy) is 1. The molecule has 0 fully saturated rings. The van der Waals surface area contributed by atoms with Crippen molar-refractivity contribution < 1.29 is 4.74 Å². The molecular formula is C16H28N2O. The van der Waals surface area contributed by atoms with Gasteiger partial charge in [-0.25, -0.2) is 0 Å². The van der Waals surface area contributed by atoms with Crippen LogP contribution in [-0.2, 0) is 11.2 Å². The van der Waals surface area contributed by atoms with E-state index in [4.69, 9.17) is 10.5 Å². The van der Waals surface area contributed by atoms with E-state index in [9.17, 15) is 0 Å². The van der Waals surface area contributed by atoms with Crippen LogP contribution in [0.1, 0.15) is 25.8 Å². The molecule has 19 heavy (non-hydrogen) atoms. The van der Waals surface area contributed by atoms with Crippen molar-refractivity contribution in [1.82, 2.24) is 4.90 Å². The Morgan fingerprint density at radius 2 is 1.89 bits per heavy atom. The first kappa shape index (κ1) is 16.2.